The SMILES string of the molecule is CC(=O)OCC1OC([Te])C(OC(C)=O)C(OC(C)=O)C1OC(C)=O.[Au]. The Kier molecular flexibility index (Phi) is 10.9. The molecule has 9 nitrogen and oxygen atoms in total. The van der Waals surface area contributed by atoms with Gasteiger partial charge in [0.05, 0.1) is 0 Å². The number of hydrogen-bond acceptors (Lipinski definition) is 9. The van der Waals surface area contributed by atoms with E-state index in [1.165, 1.54) is 50.0 Å². The predicted molar refractivity (Wildman–Crippen MR) is 77.7 cm³/mol. The van der Waals surface area contributed by atoms with E-state index in [1.807, 2.05) is 0 Å². The summed E-state index contributed by atoms with van der Waals surface area (Å²) in [5.74, 6) is -2.43. The molecule has 1 heterocycles. The summed E-state index contributed by atoms with van der Waals surface area (Å²) in [4.78, 5) is 45.2. The minimum absolute atomic E-state index is 0. The molecule has 0 aromatic carbocycles. The Morgan fingerprint density at radius 3 is 1.68 bits per heavy atom. The fraction of sp³-hybridized carbons (Fsp3) is 0.714. The van der Waals surface area contributed by atoms with Crippen LogP contribution in [-0.2, 0) is 65.2 Å². The van der Waals surface area contributed by atoms with E-state index in [0.717, 1.165) is 0 Å². The van der Waals surface area contributed by atoms with Crippen molar-refractivity contribution >= 4 is 46.2 Å². The Balaban J connectivity index is 0.00000576. The standard InChI is InChI=1S/C14H19O9Te.Au/c1-6(15)19-5-10-11(20-7(2)16)12(21-8(3)17)13(14(24)23-10)22-9(4)18;/h10-14H,5H2,1-4H3;. The Morgan fingerprint density at radius 1 is 0.800 bits per heavy atom. The van der Waals surface area contributed by atoms with Crippen molar-refractivity contribution in [3.05, 3.63) is 0 Å². The number of carbonyl (C=O) groups is 4. The Labute approximate surface area is 173 Å². The molecule has 0 aromatic heterocycles. The van der Waals surface area contributed by atoms with Gasteiger partial charge in [-0.3, -0.25) is 0 Å². The molecule has 1 aliphatic heterocycles. The molecule has 0 aliphatic carbocycles. The minimum Gasteiger partial charge on any atom is 0 e. The van der Waals surface area contributed by atoms with Crippen molar-refractivity contribution in [1.82, 2.24) is 0 Å². The molecule has 1 fully saturated rings. The fourth-order valence-corrected chi connectivity index (χ4v) is 3.20. The Hall–Kier alpha value is -0.630. The van der Waals surface area contributed by atoms with Crippen LogP contribution in [0.1, 0.15) is 27.7 Å². The number of carbonyl (C=O) groups excluding carboxylic acids is 4. The van der Waals surface area contributed by atoms with Crippen LogP contribution < -0.4 is 0 Å². The van der Waals surface area contributed by atoms with Crippen LogP contribution >= 0.6 is 0 Å². The maximum absolute atomic E-state index is 11.4. The van der Waals surface area contributed by atoms with Crippen molar-refractivity contribution in [2.75, 3.05) is 6.61 Å². The van der Waals surface area contributed by atoms with E-state index in [0.29, 0.717) is 0 Å². The smallest absolute Gasteiger partial charge is 0 e. The number of ether oxygens (including phenoxy) is 5. The quantitative estimate of drug-likeness (QED) is 0.214. The number of esters is 4. The van der Waals surface area contributed by atoms with Gasteiger partial charge in [-0.1, -0.05) is 0 Å². The predicted octanol–water partition coefficient (Wildman–Crippen LogP) is -0.764. The molecule has 146 valence electrons. The molecular weight excluding hydrogens is 637 g/mol. The second kappa shape index (κ2) is 11.2. The molecule has 1 saturated heterocycles. The molecule has 5 atom stereocenters. The van der Waals surface area contributed by atoms with Gasteiger partial charge in [0.2, 0.25) is 0 Å². The summed E-state index contributed by atoms with van der Waals surface area (Å²) in [5, 5.41) is 0. The summed E-state index contributed by atoms with van der Waals surface area (Å²) in [5.41, 5.74) is 0. The van der Waals surface area contributed by atoms with Crippen molar-refractivity contribution in [2.45, 2.75) is 56.3 Å². The second-order valence-electron chi connectivity index (χ2n) is 5.07. The van der Waals surface area contributed by atoms with Gasteiger partial charge < -0.3 is 0 Å². The van der Waals surface area contributed by atoms with Gasteiger partial charge in [0.1, 0.15) is 0 Å². The molecule has 0 bridgehead atoms. The van der Waals surface area contributed by atoms with E-state index in [-0.39, 0.29) is 29.0 Å². The van der Waals surface area contributed by atoms with Crippen molar-refractivity contribution in [3.63, 3.8) is 0 Å². The molecule has 0 N–H and O–H groups in total. The molecule has 11 heteroatoms. The molecule has 1 aliphatic rings. The van der Waals surface area contributed by atoms with E-state index in [4.69, 9.17) is 23.7 Å². The monoisotopic (exact) mass is 658 g/mol. The molecule has 2 radical (unpaired) electrons. The summed E-state index contributed by atoms with van der Waals surface area (Å²) < 4.78 is 25.5. The van der Waals surface area contributed by atoms with Crippen molar-refractivity contribution in [2.24, 2.45) is 0 Å². The van der Waals surface area contributed by atoms with Gasteiger partial charge in [-0.25, -0.2) is 0 Å². The molecule has 0 spiro atoms. The van der Waals surface area contributed by atoms with Crippen molar-refractivity contribution < 1.29 is 65.2 Å². The van der Waals surface area contributed by atoms with Crippen LogP contribution in [0, 0.1) is 0 Å². The van der Waals surface area contributed by atoms with Crippen LogP contribution in [0.2, 0.25) is 0 Å². The molecular formula is C14H19AuO9Te. The van der Waals surface area contributed by atoms with Crippen molar-refractivity contribution in [1.29, 1.82) is 0 Å². The van der Waals surface area contributed by atoms with Crippen LogP contribution in [0.4, 0.5) is 0 Å². The summed E-state index contributed by atoms with van der Waals surface area (Å²) in [6.07, 6.45) is -4.00. The first-order valence-corrected chi connectivity index (χ1v) is 8.42. The van der Waals surface area contributed by atoms with E-state index in [9.17, 15) is 19.2 Å². The largest absolute Gasteiger partial charge is 0 e. The fourth-order valence-electron chi connectivity index (χ4n) is 2.19. The Morgan fingerprint density at radius 2 is 1.24 bits per heavy atom. The summed E-state index contributed by atoms with van der Waals surface area (Å²) >= 11 is 1.52. The van der Waals surface area contributed by atoms with E-state index < -0.39 is 52.4 Å². The minimum atomic E-state index is -1.09. The molecule has 0 amide bonds. The normalized spacial score (nSPS) is 28.1. The maximum Gasteiger partial charge on any atom is 0 e. The zero-order valence-electron chi connectivity index (χ0n) is 14.0. The summed E-state index contributed by atoms with van der Waals surface area (Å²) in [6.45, 7) is 4.57. The van der Waals surface area contributed by atoms with E-state index >= 15 is 0 Å². The van der Waals surface area contributed by atoms with Crippen LogP contribution in [0.3, 0.4) is 0 Å². The third-order valence-corrected chi connectivity index (χ3v) is 4.03. The topological polar surface area (TPSA) is 114 Å². The van der Waals surface area contributed by atoms with Crippen LogP contribution in [-0.4, -0.2) is 81.3 Å². The first-order valence-electron chi connectivity index (χ1n) is 7.08. The van der Waals surface area contributed by atoms with Gasteiger partial charge >= 0.3 is 152 Å². The average Bonchev–Trinajstić information content (AvgIpc) is 2.42. The van der Waals surface area contributed by atoms with Gasteiger partial charge in [-0.05, 0) is 0 Å². The van der Waals surface area contributed by atoms with E-state index in [2.05, 4.69) is 0 Å². The van der Waals surface area contributed by atoms with Gasteiger partial charge in [0, 0.05) is 22.4 Å². The average molecular weight is 656 g/mol. The number of hydrogen-bond donors (Lipinski definition) is 0. The van der Waals surface area contributed by atoms with Gasteiger partial charge in [-0.2, -0.15) is 0 Å². The zero-order chi connectivity index (χ0) is 18.4. The molecule has 0 aromatic rings. The molecule has 0 saturated carbocycles. The first-order chi connectivity index (χ1) is 11.1. The summed E-state index contributed by atoms with van der Waals surface area (Å²) in [6, 6.07) is 0. The van der Waals surface area contributed by atoms with Gasteiger partial charge in [-0.15, -0.1) is 0 Å². The Bertz CT molecular complexity index is 513. The third kappa shape index (κ3) is 8.07. The third-order valence-electron chi connectivity index (χ3n) is 2.95. The van der Waals surface area contributed by atoms with E-state index in [1.54, 1.807) is 0 Å². The molecule has 5 unspecified atom stereocenters. The van der Waals surface area contributed by atoms with Crippen LogP contribution in [0.5, 0.6) is 0 Å². The number of rotatable bonds is 5. The van der Waals surface area contributed by atoms with Crippen LogP contribution in [0.25, 0.3) is 0 Å². The first kappa shape index (κ1) is 24.4. The van der Waals surface area contributed by atoms with Gasteiger partial charge in [0.15, 0.2) is 0 Å². The maximum atomic E-state index is 11.4. The second-order valence-corrected chi connectivity index (χ2v) is 6.39. The van der Waals surface area contributed by atoms with Crippen LogP contribution in [0.15, 0.2) is 0 Å². The molecule has 1 rings (SSSR count). The van der Waals surface area contributed by atoms with Crippen molar-refractivity contribution in [3.8, 4) is 0 Å². The molecule has 25 heavy (non-hydrogen) atoms. The van der Waals surface area contributed by atoms with Gasteiger partial charge in [0.25, 0.3) is 0 Å². The summed E-state index contributed by atoms with van der Waals surface area (Å²) in [7, 11) is 0. The zero-order valence-corrected chi connectivity index (χ0v) is 18.5.